The van der Waals surface area contributed by atoms with Gasteiger partial charge >= 0.3 is 0 Å². The Hall–Kier alpha value is -1.65. The first-order valence-corrected chi connectivity index (χ1v) is 10.3. The topological polar surface area (TPSA) is 23.6 Å². The van der Waals surface area contributed by atoms with E-state index >= 15 is 0 Å². The van der Waals surface area contributed by atoms with Crippen molar-refractivity contribution in [3.05, 3.63) is 47.3 Å². The Bertz CT molecular complexity index is 706. The molecule has 132 valence electrons. The van der Waals surface area contributed by atoms with Gasteiger partial charge in [0.15, 0.2) is 0 Å². The standard InChI is InChI=1S/C21H26N2OS/c24-21(23-11-1-2-12-23)19-8-4-10-22(16-19)15-17-6-3-7-18(14-17)20-9-5-13-25-20/h3,5-7,9,13-14,19H,1-2,4,8,10-12,15-16H2. The Morgan fingerprint density at radius 1 is 1.08 bits per heavy atom. The lowest BCUT2D eigenvalue weighted by atomic mass is 9.96. The molecule has 3 heterocycles. The van der Waals surface area contributed by atoms with E-state index in [-0.39, 0.29) is 5.92 Å². The molecule has 2 fully saturated rings. The van der Waals surface area contributed by atoms with Crippen LogP contribution in [0.15, 0.2) is 41.8 Å². The van der Waals surface area contributed by atoms with Gasteiger partial charge in [-0.05, 0) is 60.9 Å². The number of likely N-dealkylation sites (tertiary alicyclic amines) is 2. The van der Waals surface area contributed by atoms with Crippen molar-refractivity contribution in [2.24, 2.45) is 5.92 Å². The Morgan fingerprint density at radius 3 is 2.76 bits per heavy atom. The van der Waals surface area contributed by atoms with Crippen molar-refractivity contribution in [3.63, 3.8) is 0 Å². The zero-order valence-corrected chi connectivity index (χ0v) is 15.5. The molecule has 2 aliphatic rings. The van der Waals surface area contributed by atoms with Crippen LogP contribution in [-0.2, 0) is 11.3 Å². The summed E-state index contributed by atoms with van der Waals surface area (Å²) in [7, 11) is 0. The number of rotatable bonds is 4. The number of thiophene rings is 1. The van der Waals surface area contributed by atoms with Crippen LogP contribution < -0.4 is 0 Å². The summed E-state index contributed by atoms with van der Waals surface area (Å²) in [5.74, 6) is 0.599. The van der Waals surface area contributed by atoms with Crippen LogP contribution in [0.3, 0.4) is 0 Å². The lowest BCUT2D eigenvalue weighted by Crippen LogP contribution is -2.43. The molecule has 0 spiro atoms. The van der Waals surface area contributed by atoms with Gasteiger partial charge in [0.2, 0.25) is 5.91 Å². The Labute approximate surface area is 154 Å². The Morgan fingerprint density at radius 2 is 1.96 bits per heavy atom. The summed E-state index contributed by atoms with van der Waals surface area (Å²) < 4.78 is 0. The van der Waals surface area contributed by atoms with Crippen molar-refractivity contribution >= 4 is 17.2 Å². The lowest BCUT2D eigenvalue weighted by Gasteiger charge is -2.34. The minimum atomic E-state index is 0.201. The van der Waals surface area contributed by atoms with E-state index in [1.807, 2.05) is 0 Å². The van der Waals surface area contributed by atoms with Crippen LogP contribution in [0.1, 0.15) is 31.2 Å². The van der Waals surface area contributed by atoms with Gasteiger partial charge < -0.3 is 4.90 Å². The molecule has 4 heteroatoms. The van der Waals surface area contributed by atoms with Crippen molar-refractivity contribution in [1.29, 1.82) is 0 Å². The highest BCUT2D eigenvalue weighted by molar-refractivity contribution is 7.13. The minimum absolute atomic E-state index is 0.201. The monoisotopic (exact) mass is 354 g/mol. The van der Waals surface area contributed by atoms with Crippen LogP contribution in [-0.4, -0.2) is 41.9 Å². The summed E-state index contributed by atoms with van der Waals surface area (Å²) >= 11 is 1.79. The predicted molar refractivity (Wildman–Crippen MR) is 104 cm³/mol. The van der Waals surface area contributed by atoms with Crippen LogP contribution in [0.4, 0.5) is 0 Å². The molecule has 0 radical (unpaired) electrons. The van der Waals surface area contributed by atoms with E-state index in [1.54, 1.807) is 11.3 Å². The highest BCUT2D eigenvalue weighted by Crippen LogP contribution is 2.27. The summed E-state index contributed by atoms with van der Waals surface area (Å²) in [6.07, 6.45) is 4.55. The summed E-state index contributed by atoms with van der Waals surface area (Å²) in [5.41, 5.74) is 2.65. The fourth-order valence-corrected chi connectivity index (χ4v) is 4.84. The molecule has 25 heavy (non-hydrogen) atoms. The molecule has 0 saturated carbocycles. The van der Waals surface area contributed by atoms with E-state index < -0.39 is 0 Å². The second-order valence-electron chi connectivity index (χ2n) is 7.28. The van der Waals surface area contributed by atoms with E-state index in [0.717, 1.165) is 45.6 Å². The Kier molecular flexibility index (Phi) is 5.18. The van der Waals surface area contributed by atoms with Gasteiger partial charge in [-0.3, -0.25) is 9.69 Å². The summed E-state index contributed by atoms with van der Waals surface area (Å²) in [6.45, 7) is 4.91. The molecule has 1 atom stereocenters. The van der Waals surface area contributed by atoms with E-state index in [4.69, 9.17) is 0 Å². The summed E-state index contributed by atoms with van der Waals surface area (Å²) in [4.78, 5) is 18.6. The predicted octanol–water partition coefficient (Wildman–Crippen LogP) is 4.25. The normalized spacial score (nSPS) is 21.6. The van der Waals surface area contributed by atoms with Crippen LogP contribution >= 0.6 is 11.3 Å². The molecule has 1 aromatic carbocycles. The van der Waals surface area contributed by atoms with Crippen molar-refractivity contribution in [3.8, 4) is 10.4 Å². The third kappa shape index (κ3) is 3.96. The van der Waals surface area contributed by atoms with E-state index in [9.17, 15) is 4.79 Å². The maximum absolute atomic E-state index is 12.7. The minimum Gasteiger partial charge on any atom is -0.342 e. The molecule has 1 aromatic heterocycles. The van der Waals surface area contributed by atoms with Crippen LogP contribution in [0.5, 0.6) is 0 Å². The number of nitrogens with zero attached hydrogens (tertiary/aromatic N) is 2. The van der Waals surface area contributed by atoms with E-state index in [1.165, 1.54) is 28.8 Å². The number of carbonyl (C=O) groups is 1. The number of amides is 1. The van der Waals surface area contributed by atoms with Crippen molar-refractivity contribution in [2.75, 3.05) is 26.2 Å². The van der Waals surface area contributed by atoms with E-state index in [2.05, 4.69) is 51.6 Å². The van der Waals surface area contributed by atoms with Gasteiger partial charge in [0, 0.05) is 31.1 Å². The van der Waals surface area contributed by atoms with Gasteiger partial charge in [0.25, 0.3) is 0 Å². The zero-order chi connectivity index (χ0) is 17.1. The third-order valence-corrected chi connectivity index (χ3v) is 6.33. The van der Waals surface area contributed by atoms with E-state index in [0.29, 0.717) is 5.91 Å². The molecule has 2 saturated heterocycles. The Balaban J connectivity index is 1.40. The fourth-order valence-electron chi connectivity index (χ4n) is 4.12. The van der Waals surface area contributed by atoms with Crippen LogP contribution in [0.2, 0.25) is 0 Å². The van der Waals surface area contributed by atoms with Gasteiger partial charge in [-0.2, -0.15) is 0 Å². The van der Waals surface area contributed by atoms with Crippen LogP contribution in [0.25, 0.3) is 10.4 Å². The molecule has 4 rings (SSSR count). The van der Waals surface area contributed by atoms with Gasteiger partial charge in [-0.15, -0.1) is 11.3 Å². The highest BCUT2D eigenvalue weighted by atomic mass is 32.1. The van der Waals surface area contributed by atoms with Gasteiger partial charge in [-0.25, -0.2) is 0 Å². The molecular formula is C21H26N2OS. The average molecular weight is 355 g/mol. The van der Waals surface area contributed by atoms with Crippen molar-refractivity contribution < 1.29 is 4.79 Å². The molecule has 0 bridgehead atoms. The maximum Gasteiger partial charge on any atom is 0.226 e. The van der Waals surface area contributed by atoms with Crippen molar-refractivity contribution in [1.82, 2.24) is 9.80 Å². The smallest absolute Gasteiger partial charge is 0.226 e. The lowest BCUT2D eigenvalue weighted by molar-refractivity contribution is -0.136. The van der Waals surface area contributed by atoms with Crippen LogP contribution in [0, 0.1) is 5.92 Å². The maximum atomic E-state index is 12.7. The van der Waals surface area contributed by atoms with Gasteiger partial charge in [0.05, 0.1) is 5.92 Å². The first kappa shape index (κ1) is 16.8. The zero-order valence-electron chi connectivity index (χ0n) is 14.7. The second kappa shape index (κ2) is 7.71. The van der Waals surface area contributed by atoms with Crippen molar-refractivity contribution in [2.45, 2.75) is 32.2 Å². The number of benzene rings is 1. The van der Waals surface area contributed by atoms with Gasteiger partial charge in [-0.1, -0.05) is 24.3 Å². The molecular weight excluding hydrogens is 328 g/mol. The summed E-state index contributed by atoms with van der Waals surface area (Å²) in [5, 5.41) is 2.13. The quantitative estimate of drug-likeness (QED) is 0.819. The third-order valence-electron chi connectivity index (χ3n) is 5.41. The fraction of sp³-hybridized carbons (Fsp3) is 0.476. The number of hydrogen-bond donors (Lipinski definition) is 0. The van der Waals surface area contributed by atoms with Gasteiger partial charge in [0.1, 0.15) is 0 Å². The summed E-state index contributed by atoms with van der Waals surface area (Å²) in [6, 6.07) is 13.1. The average Bonchev–Trinajstić information content (AvgIpc) is 3.35. The largest absolute Gasteiger partial charge is 0.342 e. The highest BCUT2D eigenvalue weighted by Gasteiger charge is 2.30. The SMILES string of the molecule is O=C(C1CCCN(Cc2cccc(-c3cccs3)c2)C1)N1CCCC1. The second-order valence-corrected chi connectivity index (χ2v) is 8.23. The first-order chi connectivity index (χ1) is 12.3. The number of carbonyl (C=O) groups excluding carboxylic acids is 1. The molecule has 0 N–H and O–H groups in total. The molecule has 3 nitrogen and oxygen atoms in total. The molecule has 1 amide bonds. The first-order valence-electron chi connectivity index (χ1n) is 9.43. The molecule has 2 aliphatic heterocycles. The molecule has 2 aromatic rings. The molecule has 1 unspecified atom stereocenters. The molecule has 0 aliphatic carbocycles. The number of hydrogen-bond acceptors (Lipinski definition) is 3. The number of piperidine rings is 1.